The number of benzene rings is 2. The highest BCUT2D eigenvalue weighted by molar-refractivity contribution is 6.30. The van der Waals surface area contributed by atoms with Gasteiger partial charge in [-0.3, -0.25) is 0 Å². The van der Waals surface area contributed by atoms with E-state index in [1.807, 2.05) is 42.5 Å². The molecule has 0 unspecified atom stereocenters. The monoisotopic (exact) mass is 506 g/mol. The lowest BCUT2D eigenvalue weighted by atomic mass is 9.90. The molecule has 0 saturated heterocycles. The Morgan fingerprint density at radius 2 is 1.76 bits per heavy atom. The minimum Gasteiger partial charge on any atom is -0.370 e. The Balaban J connectivity index is 0.00000193. The number of hydrogen-bond acceptors (Lipinski definition) is 4. The van der Waals surface area contributed by atoms with Crippen molar-refractivity contribution in [2.45, 2.75) is 44.7 Å². The molecule has 0 radical (unpaired) electrons. The van der Waals surface area contributed by atoms with Crippen LogP contribution in [0.4, 0.5) is 5.82 Å². The van der Waals surface area contributed by atoms with Gasteiger partial charge in [0.25, 0.3) is 0 Å². The third-order valence-corrected chi connectivity index (χ3v) is 5.78. The Morgan fingerprint density at radius 3 is 2.48 bits per heavy atom. The predicted molar refractivity (Wildman–Crippen MR) is 145 cm³/mol. The Hall–Kier alpha value is -2.54. The highest BCUT2D eigenvalue weighted by atomic mass is 35.5. The first-order chi connectivity index (χ1) is 15.0. The Kier molecular flexibility index (Phi) is 9.77. The molecule has 1 heterocycles. The smallest absolute Gasteiger partial charge is 0.186 e. The summed E-state index contributed by atoms with van der Waals surface area (Å²) < 4.78 is 0. The van der Waals surface area contributed by atoms with Gasteiger partial charge in [-0.25, -0.2) is 15.0 Å². The molecule has 0 spiro atoms. The lowest BCUT2D eigenvalue weighted by Gasteiger charge is -2.30. The lowest BCUT2D eigenvalue weighted by molar-refractivity contribution is 0.405. The second-order valence-corrected chi connectivity index (χ2v) is 8.43. The maximum absolute atomic E-state index is 5.98. The second kappa shape index (κ2) is 12.1. The van der Waals surface area contributed by atoms with Crippen LogP contribution in [0.1, 0.15) is 42.6 Å². The minimum atomic E-state index is 0. The second-order valence-electron chi connectivity index (χ2n) is 7.99. The number of aromatic nitrogens is 2. The van der Waals surface area contributed by atoms with Crippen molar-refractivity contribution in [2.24, 2.45) is 16.5 Å². The zero-order valence-corrected chi connectivity index (χ0v) is 20.8. The van der Waals surface area contributed by atoms with E-state index in [0.717, 1.165) is 53.5 Å². The molecule has 2 atom stereocenters. The van der Waals surface area contributed by atoms with Gasteiger partial charge in [-0.05, 0) is 55.7 Å². The zero-order valence-electron chi connectivity index (χ0n) is 18.4. The molecule has 1 saturated carbocycles. The van der Waals surface area contributed by atoms with Gasteiger partial charge in [0.15, 0.2) is 11.8 Å². The van der Waals surface area contributed by atoms with Crippen molar-refractivity contribution < 1.29 is 0 Å². The van der Waals surface area contributed by atoms with E-state index in [-0.39, 0.29) is 42.9 Å². The number of hydrogen-bond donors (Lipinski definition) is 3. The number of nitrogens with two attached hydrogens (primary N) is 2. The summed E-state index contributed by atoms with van der Waals surface area (Å²) >= 11 is 5.98. The van der Waals surface area contributed by atoms with Gasteiger partial charge in [-0.15, -0.1) is 24.8 Å². The van der Waals surface area contributed by atoms with Crippen molar-refractivity contribution in [1.82, 2.24) is 9.97 Å². The van der Waals surface area contributed by atoms with Crippen LogP contribution in [-0.2, 0) is 0 Å². The SMILES string of the molecule is Cc1ccc2nc(/C=C/c3ccc(Cl)cc3)nc(N[C@H]3CCCC[C@H]3N=C(N)N)c2c1.Cl.Cl. The van der Waals surface area contributed by atoms with Crippen LogP contribution in [0.25, 0.3) is 23.1 Å². The molecule has 9 heteroatoms. The quantitative estimate of drug-likeness (QED) is 0.308. The molecule has 0 bridgehead atoms. The predicted octanol–water partition coefficient (Wildman–Crippen LogP) is 5.60. The molecule has 5 N–H and O–H groups in total. The molecule has 33 heavy (non-hydrogen) atoms. The first-order valence-electron chi connectivity index (χ1n) is 10.6. The molecule has 1 aliphatic carbocycles. The molecule has 1 aliphatic rings. The number of rotatable bonds is 5. The molecule has 0 amide bonds. The maximum Gasteiger partial charge on any atom is 0.186 e. The van der Waals surface area contributed by atoms with Crippen LogP contribution in [0.3, 0.4) is 0 Å². The van der Waals surface area contributed by atoms with Crippen LogP contribution >= 0.6 is 36.4 Å². The standard InChI is InChI=1S/C24H27ClN6.2ClH/c1-15-6-12-19-18(14-15)23(29-20-4-2-3-5-21(20)30-24(26)27)31-22(28-19)13-9-16-7-10-17(25)11-8-16;;/h6-14,20-21H,2-5H2,1H3,(H4,26,27,30)(H,28,29,31);2*1H/b13-9+;;/t20-,21+;;/m0../s1. The fraction of sp³-hybridized carbons (Fsp3) is 0.292. The summed E-state index contributed by atoms with van der Waals surface area (Å²) in [6, 6.07) is 14.0. The van der Waals surface area contributed by atoms with Crippen molar-refractivity contribution in [2.75, 3.05) is 5.32 Å². The number of halogens is 3. The van der Waals surface area contributed by atoms with Crippen molar-refractivity contribution >= 4 is 71.2 Å². The highest BCUT2D eigenvalue weighted by Crippen LogP contribution is 2.28. The van der Waals surface area contributed by atoms with Crippen molar-refractivity contribution in [1.29, 1.82) is 0 Å². The number of aryl methyl sites for hydroxylation is 1. The highest BCUT2D eigenvalue weighted by Gasteiger charge is 2.26. The van der Waals surface area contributed by atoms with Gasteiger partial charge >= 0.3 is 0 Å². The van der Waals surface area contributed by atoms with Crippen LogP contribution in [0, 0.1) is 6.92 Å². The molecular formula is C24H29Cl3N6. The largest absolute Gasteiger partial charge is 0.370 e. The van der Waals surface area contributed by atoms with Crippen LogP contribution in [-0.4, -0.2) is 28.0 Å². The fourth-order valence-electron chi connectivity index (χ4n) is 3.99. The summed E-state index contributed by atoms with van der Waals surface area (Å²) in [5.41, 5.74) is 14.4. The summed E-state index contributed by atoms with van der Waals surface area (Å²) in [7, 11) is 0. The Morgan fingerprint density at radius 1 is 1.03 bits per heavy atom. The molecule has 2 aromatic carbocycles. The van der Waals surface area contributed by atoms with E-state index in [4.69, 9.17) is 33.0 Å². The van der Waals surface area contributed by atoms with Gasteiger partial charge in [0.05, 0.1) is 17.6 Å². The number of nitrogens with one attached hydrogen (secondary N) is 1. The molecule has 1 fully saturated rings. The third-order valence-electron chi connectivity index (χ3n) is 5.53. The first-order valence-corrected chi connectivity index (χ1v) is 10.9. The van der Waals surface area contributed by atoms with E-state index < -0.39 is 0 Å². The Bertz CT molecular complexity index is 1130. The molecule has 0 aliphatic heterocycles. The maximum atomic E-state index is 5.98. The van der Waals surface area contributed by atoms with E-state index in [1.165, 1.54) is 0 Å². The van der Waals surface area contributed by atoms with Crippen molar-refractivity contribution in [3.8, 4) is 0 Å². The third kappa shape index (κ3) is 6.97. The summed E-state index contributed by atoms with van der Waals surface area (Å²) in [5, 5.41) is 5.34. The molecule has 176 valence electrons. The van der Waals surface area contributed by atoms with Crippen LogP contribution in [0.5, 0.6) is 0 Å². The van der Waals surface area contributed by atoms with E-state index in [2.05, 4.69) is 29.4 Å². The zero-order chi connectivity index (χ0) is 21.8. The molecule has 6 nitrogen and oxygen atoms in total. The van der Waals surface area contributed by atoms with Crippen molar-refractivity contribution in [3.63, 3.8) is 0 Å². The van der Waals surface area contributed by atoms with Gasteiger partial charge in [0.1, 0.15) is 5.82 Å². The average Bonchev–Trinajstić information content (AvgIpc) is 2.75. The minimum absolute atomic E-state index is 0. The molecule has 3 aromatic rings. The number of anilines is 1. The molecular weight excluding hydrogens is 479 g/mol. The molecule has 4 rings (SSSR count). The number of fused-ring (bicyclic) bond motifs is 1. The summed E-state index contributed by atoms with van der Waals surface area (Å²) in [5.74, 6) is 1.59. The van der Waals surface area contributed by atoms with Gasteiger partial charge in [-0.1, -0.05) is 54.3 Å². The van der Waals surface area contributed by atoms with E-state index in [1.54, 1.807) is 0 Å². The van der Waals surface area contributed by atoms with Gasteiger partial charge in [-0.2, -0.15) is 0 Å². The summed E-state index contributed by atoms with van der Waals surface area (Å²) in [4.78, 5) is 14.0. The lowest BCUT2D eigenvalue weighted by Crippen LogP contribution is -2.38. The van der Waals surface area contributed by atoms with Crippen LogP contribution in [0.2, 0.25) is 5.02 Å². The topological polar surface area (TPSA) is 102 Å². The fourth-order valence-corrected chi connectivity index (χ4v) is 4.12. The van der Waals surface area contributed by atoms with E-state index in [0.29, 0.717) is 10.8 Å². The number of nitrogens with zero attached hydrogens (tertiary/aromatic N) is 3. The van der Waals surface area contributed by atoms with Gasteiger partial charge < -0.3 is 16.8 Å². The van der Waals surface area contributed by atoms with Gasteiger partial charge in [0, 0.05) is 10.4 Å². The van der Waals surface area contributed by atoms with Gasteiger partial charge in [0.2, 0.25) is 0 Å². The summed E-state index contributed by atoms with van der Waals surface area (Å²) in [6.07, 6.45) is 8.12. The number of guanidine groups is 1. The van der Waals surface area contributed by atoms with Crippen LogP contribution < -0.4 is 16.8 Å². The molecule has 1 aromatic heterocycles. The summed E-state index contributed by atoms with van der Waals surface area (Å²) in [6.45, 7) is 2.07. The van der Waals surface area contributed by atoms with Crippen molar-refractivity contribution in [3.05, 3.63) is 64.4 Å². The van der Waals surface area contributed by atoms with E-state index in [9.17, 15) is 0 Å². The van der Waals surface area contributed by atoms with Crippen LogP contribution in [0.15, 0.2) is 47.5 Å². The number of aliphatic imine (C=N–C) groups is 1. The first kappa shape index (κ1) is 26.7. The average molecular weight is 508 g/mol. The normalized spacial score (nSPS) is 17.8. The van der Waals surface area contributed by atoms with E-state index >= 15 is 0 Å². The Labute approximate surface area is 211 Å².